The molecule has 7 nitrogen and oxygen atoms in total. The minimum absolute atomic E-state index is 0.00926. The SMILES string of the molecule is CNCc1cc(-c2ccc(OC(C)C3CCOCC3)cc2F)n(S(=O)(=O)c2ccc(C#N)cc2)c1. The van der Waals surface area contributed by atoms with Crippen LogP contribution >= 0.6 is 0 Å². The van der Waals surface area contributed by atoms with Gasteiger partial charge in [-0.2, -0.15) is 5.26 Å². The zero-order valence-corrected chi connectivity index (χ0v) is 20.5. The van der Waals surface area contributed by atoms with E-state index in [1.807, 2.05) is 13.0 Å². The van der Waals surface area contributed by atoms with Gasteiger partial charge < -0.3 is 14.8 Å². The molecule has 9 heteroatoms. The first-order chi connectivity index (χ1) is 16.8. The minimum atomic E-state index is -4.03. The summed E-state index contributed by atoms with van der Waals surface area (Å²) < 4.78 is 54.7. The van der Waals surface area contributed by atoms with E-state index >= 15 is 4.39 Å². The molecule has 1 atom stereocenters. The number of hydrogen-bond donors (Lipinski definition) is 1. The molecule has 1 N–H and O–H groups in total. The Morgan fingerprint density at radius 1 is 1.20 bits per heavy atom. The van der Waals surface area contributed by atoms with Crippen LogP contribution < -0.4 is 10.1 Å². The lowest BCUT2D eigenvalue weighted by molar-refractivity contribution is 0.0238. The van der Waals surface area contributed by atoms with Gasteiger partial charge in [-0.15, -0.1) is 0 Å². The third kappa shape index (κ3) is 5.40. The molecule has 1 aliphatic rings. The molecule has 0 amide bonds. The highest BCUT2D eigenvalue weighted by Gasteiger charge is 2.25. The summed E-state index contributed by atoms with van der Waals surface area (Å²) in [5.41, 5.74) is 1.40. The van der Waals surface area contributed by atoms with E-state index in [0.717, 1.165) is 16.8 Å². The quantitative estimate of drug-likeness (QED) is 0.498. The Hall–Kier alpha value is -3.19. The van der Waals surface area contributed by atoms with Gasteiger partial charge >= 0.3 is 0 Å². The van der Waals surface area contributed by atoms with Crippen molar-refractivity contribution in [3.63, 3.8) is 0 Å². The molecule has 2 aromatic carbocycles. The van der Waals surface area contributed by atoms with Crippen molar-refractivity contribution in [1.29, 1.82) is 5.26 Å². The minimum Gasteiger partial charge on any atom is -0.490 e. The summed E-state index contributed by atoms with van der Waals surface area (Å²) in [6, 6.07) is 13.8. The second-order valence-corrected chi connectivity index (χ2v) is 10.4. The van der Waals surface area contributed by atoms with Gasteiger partial charge in [0.1, 0.15) is 11.6 Å². The average molecular weight is 498 g/mol. The Morgan fingerprint density at radius 2 is 1.91 bits per heavy atom. The summed E-state index contributed by atoms with van der Waals surface area (Å²) in [5.74, 6) is 0.159. The highest BCUT2D eigenvalue weighted by atomic mass is 32.2. The Balaban J connectivity index is 1.68. The van der Waals surface area contributed by atoms with E-state index in [1.165, 1.54) is 36.5 Å². The van der Waals surface area contributed by atoms with Crippen molar-refractivity contribution in [1.82, 2.24) is 9.29 Å². The highest BCUT2D eigenvalue weighted by molar-refractivity contribution is 7.90. The predicted molar refractivity (Wildman–Crippen MR) is 130 cm³/mol. The summed E-state index contributed by atoms with van der Waals surface area (Å²) in [6.45, 7) is 3.78. The first-order valence-electron chi connectivity index (χ1n) is 11.5. The second-order valence-electron chi connectivity index (χ2n) is 8.62. The average Bonchev–Trinajstić information content (AvgIpc) is 3.29. The van der Waals surface area contributed by atoms with E-state index in [-0.39, 0.29) is 22.3 Å². The number of nitriles is 1. The molecule has 1 aliphatic heterocycles. The van der Waals surface area contributed by atoms with Gasteiger partial charge in [-0.1, -0.05) is 0 Å². The van der Waals surface area contributed by atoms with Crippen molar-refractivity contribution >= 4 is 10.0 Å². The van der Waals surface area contributed by atoms with Crippen LogP contribution in [0.25, 0.3) is 11.3 Å². The summed E-state index contributed by atoms with van der Waals surface area (Å²) in [6.07, 6.45) is 3.19. The van der Waals surface area contributed by atoms with Crippen molar-refractivity contribution in [2.24, 2.45) is 5.92 Å². The largest absolute Gasteiger partial charge is 0.490 e. The van der Waals surface area contributed by atoms with Crippen LogP contribution in [0.15, 0.2) is 59.6 Å². The number of aromatic nitrogens is 1. The fourth-order valence-electron chi connectivity index (χ4n) is 4.28. The van der Waals surface area contributed by atoms with Crippen molar-refractivity contribution in [3.05, 3.63) is 71.7 Å². The van der Waals surface area contributed by atoms with E-state index in [0.29, 0.717) is 42.6 Å². The first kappa shape index (κ1) is 24.9. The lowest BCUT2D eigenvalue weighted by Gasteiger charge is -2.28. The Bertz CT molecular complexity index is 1320. The van der Waals surface area contributed by atoms with Crippen LogP contribution in [0.4, 0.5) is 4.39 Å². The van der Waals surface area contributed by atoms with Crippen LogP contribution in [0.5, 0.6) is 5.75 Å². The van der Waals surface area contributed by atoms with Gasteiger partial charge in [-0.3, -0.25) is 0 Å². The van der Waals surface area contributed by atoms with Crippen molar-refractivity contribution in [2.75, 3.05) is 20.3 Å². The molecule has 0 spiro atoms. The third-order valence-corrected chi connectivity index (χ3v) is 7.92. The fourth-order valence-corrected chi connectivity index (χ4v) is 5.67. The number of halogens is 1. The van der Waals surface area contributed by atoms with E-state index in [2.05, 4.69) is 5.32 Å². The maximum Gasteiger partial charge on any atom is 0.268 e. The Labute approximate surface area is 205 Å². The molecule has 184 valence electrons. The van der Waals surface area contributed by atoms with Gasteiger partial charge in [0.05, 0.1) is 28.3 Å². The predicted octanol–water partition coefficient (Wildman–Crippen LogP) is 4.32. The van der Waals surface area contributed by atoms with Gasteiger partial charge in [0.2, 0.25) is 0 Å². The van der Waals surface area contributed by atoms with Crippen molar-refractivity contribution in [3.8, 4) is 23.1 Å². The number of benzene rings is 2. The first-order valence-corrected chi connectivity index (χ1v) is 12.9. The number of nitrogens with zero attached hydrogens (tertiary/aromatic N) is 2. The van der Waals surface area contributed by atoms with Crippen LogP contribution in [0.3, 0.4) is 0 Å². The summed E-state index contributed by atoms with van der Waals surface area (Å²) in [5, 5.41) is 12.0. The zero-order chi connectivity index (χ0) is 25.0. The molecule has 2 heterocycles. The zero-order valence-electron chi connectivity index (χ0n) is 19.7. The van der Waals surface area contributed by atoms with E-state index in [4.69, 9.17) is 14.7 Å². The standard InChI is InChI=1S/C26H28FN3O4S/c1-18(21-9-11-33-12-10-21)34-22-5-8-24(25(27)14-22)26-13-20(16-29-2)17-30(26)35(31,32)23-6-3-19(15-28)4-7-23/h3-8,13-14,17-18,21,29H,9-12,16H2,1-2H3. The van der Waals surface area contributed by atoms with E-state index in [9.17, 15) is 8.42 Å². The topological polar surface area (TPSA) is 93.3 Å². The van der Waals surface area contributed by atoms with Crippen molar-refractivity contribution < 1.29 is 22.3 Å². The summed E-state index contributed by atoms with van der Waals surface area (Å²) in [7, 11) is -2.28. The molecule has 0 radical (unpaired) electrons. The number of ether oxygens (including phenoxy) is 2. The maximum absolute atomic E-state index is 15.3. The number of rotatable bonds is 8. The molecule has 1 aromatic heterocycles. The van der Waals surface area contributed by atoms with Gasteiger partial charge in [-0.25, -0.2) is 16.8 Å². The number of nitrogens with one attached hydrogen (secondary N) is 1. The molecule has 0 saturated carbocycles. The van der Waals surface area contributed by atoms with Crippen LogP contribution in [0.1, 0.15) is 30.9 Å². The van der Waals surface area contributed by atoms with Crippen LogP contribution in [-0.4, -0.2) is 38.8 Å². The van der Waals surface area contributed by atoms with Crippen LogP contribution in [0.2, 0.25) is 0 Å². The number of hydrogen-bond acceptors (Lipinski definition) is 6. The summed E-state index contributed by atoms with van der Waals surface area (Å²) >= 11 is 0. The second kappa shape index (κ2) is 10.6. The molecule has 35 heavy (non-hydrogen) atoms. The molecule has 0 aliphatic carbocycles. The van der Waals surface area contributed by atoms with Gasteiger partial charge in [0.15, 0.2) is 0 Å². The molecule has 1 unspecified atom stereocenters. The summed E-state index contributed by atoms with van der Waals surface area (Å²) in [4.78, 5) is 0.00926. The van der Waals surface area contributed by atoms with Crippen LogP contribution in [-0.2, 0) is 21.3 Å². The molecule has 1 fully saturated rings. The van der Waals surface area contributed by atoms with Gasteiger partial charge in [0, 0.05) is 37.6 Å². The smallest absolute Gasteiger partial charge is 0.268 e. The van der Waals surface area contributed by atoms with Crippen molar-refractivity contribution in [2.45, 2.75) is 37.3 Å². The van der Waals surface area contributed by atoms with E-state index < -0.39 is 15.8 Å². The third-order valence-electron chi connectivity index (χ3n) is 6.23. The molecular weight excluding hydrogens is 469 g/mol. The van der Waals surface area contributed by atoms with E-state index in [1.54, 1.807) is 25.2 Å². The lowest BCUT2D eigenvalue weighted by Crippen LogP contribution is -2.29. The maximum atomic E-state index is 15.3. The Morgan fingerprint density at radius 3 is 2.54 bits per heavy atom. The Kier molecular flexibility index (Phi) is 7.55. The highest BCUT2D eigenvalue weighted by Crippen LogP contribution is 2.32. The lowest BCUT2D eigenvalue weighted by atomic mass is 9.95. The molecular formula is C26H28FN3O4S. The van der Waals surface area contributed by atoms with Gasteiger partial charge in [0.25, 0.3) is 10.0 Å². The monoisotopic (exact) mass is 497 g/mol. The molecule has 3 aromatic rings. The van der Waals surface area contributed by atoms with Gasteiger partial charge in [-0.05, 0) is 80.8 Å². The van der Waals surface area contributed by atoms with Crippen LogP contribution in [0, 0.1) is 23.1 Å². The molecule has 4 rings (SSSR count). The normalized spacial score (nSPS) is 15.5. The molecule has 0 bridgehead atoms. The fraction of sp³-hybridized carbons (Fsp3) is 0.346. The molecule has 1 saturated heterocycles.